The number of hydrogen-bond donors (Lipinski definition) is 0. The first-order chi connectivity index (χ1) is 5.63. The normalized spacial score (nSPS) is 9.17. The molecule has 0 saturated carbocycles. The molecule has 0 N–H and O–H groups in total. The molecule has 0 saturated heterocycles. The van der Waals surface area contributed by atoms with E-state index in [2.05, 4.69) is 0 Å². The number of benzene rings is 1. The third-order valence-corrected chi connectivity index (χ3v) is 1.53. The molecule has 1 rings (SSSR count). The number of anilines is 1. The Morgan fingerprint density at radius 3 is 2.50 bits per heavy atom. The smallest absolute Gasteiger partial charge is 0.126 e. The summed E-state index contributed by atoms with van der Waals surface area (Å²) in [5, 5.41) is 8.53. The highest BCUT2D eigenvalue weighted by atomic mass is 19.1. The lowest BCUT2D eigenvalue weighted by Crippen LogP contribution is -2.08. The topological polar surface area (TPSA) is 27.0 Å². The van der Waals surface area contributed by atoms with Gasteiger partial charge in [0, 0.05) is 19.8 Å². The van der Waals surface area contributed by atoms with Crippen molar-refractivity contribution in [2.24, 2.45) is 0 Å². The summed E-state index contributed by atoms with van der Waals surface area (Å²) >= 11 is 0. The maximum Gasteiger partial charge on any atom is 0.126 e. The second-order valence-electron chi connectivity index (χ2n) is 2.70. The summed E-state index contributed by atoms with van der Waals surface area (Å²) < 4.78 is 12.8. The average molecular weight is 164 g/mol. The van der Waals surface area contributed by atoms with Crippen molar-refractivity contribution >= 4 is 5.69 Å². The quantitative estimate of drug-likeness (QED) is 0.632. The minimum Gasteiger partial charge on any atom is -0.378 e. The molecule has 2 nitrogen and oxygen atoms in total. The van der Waals surface area contributed by atoms with E-state index in [1.54, 1.807) is 25.1 Å². The molecule has 0 atom stereocenters. The largest absolute Gasteiger partial charge is 0.378 e. The fraction of sp³-hybridized carbons (Fsp3) is 0.222. The Kier molecular flexibility index (Phi) is 2.29. The van der Waals surface area contributed by atoms with Gasteiger partial charge < -0.3 is 4.90 Å². The first-order valence-corrected chi connectivity index (χ1v) is 3.51. The Labute approximate surface area is 70.8 Å². The molecule has 0 bridgehead atoms. The van der Waals surface area contributed by atoms with Gasteiger partial charge >= 0.3 is 0 Å². The maximum absolute atomic E-state index is 12.8. The third-order valence-electron chi connectivity index (χ3n) is 1.53. The highest BCUT2D eigenvalue weighted by Crippen LogP contribution is 2.15. The van der Waals surface area contributed by atoms with E-state index in [1.165, 1.54) is 12.1 Å². The van der Waals surface area contributed by atoms with Gasteiger partial charge in [-0.25, -0.2) is 4.39 Å². The zero-order valence-electron chi connectivity index (χ0n) is 7.00. The lowest BCUT2D eigenvalue weighted by atomic mass is 10.2. The molecule has 0 aliphatic heterocycles. The van der Waals surface area contributed by atoms with Crippen LogP contribution in [0.1, 0.15) is 5.56 Å². The highest BCUT2D eigenvalue weighted by molar-refractivity contribution is 5.50. The van der Waals surface area contributed by atoms with Gasteiger partial charge in [-0.1, -0.05) is 0 Å². The second kappa shape index (κ2) is 3.22. The van der Waals surface area contributed by atoms with E-state index in [0.717, 1.165) is 0 Å². The number of hydrogen-bond acceptors (Lipinski definition) is 2. The van der Waals surface area contributed by atoms with Gasteiger partial charge in [-0.3, -0.25) is 0 Å². The van der Waals surface area contributed by atoms with E-state index in [1.807, 2.05) is 6.07 Å². The number of nitrogens with zero attached hydrogens (tertiary/aromatic N) is 2. The number of rotatable bonds is 1. The summed E-state index contributed by atoms with van der Waals surface area (Å²) in [5.74, 6) is -0.377. The second-order valence-corrected chi connectivity index (χ2v) is 2.70. The molecule has 0 unspecified atom stereocenters. The van der Waals surface area contributed by atoms with Crippen LogP contribution in [0.25, 0.3) is 0 Å². The van der Waals surface area contributed by atoms with Crippen LogP contribution in [-0.2, 0) is 0 Å². The van der Waals surface area contributed by atoms with E-state index in [9.17, 15) is 4.39 Å². The fourth-order valence-electron chi connectivity index (χ4n) is 0.897. The van der Waals surface area contributed by atoms with Gasteiger partial charge in [0.05, 0.1) is 11.6 Å². The van der Waals surface area contributed by atoms with Crippen LogP contribution in [0.3, 0.4) is 0 Å². The van der Waals surface area contributed by atoms with Gasteiger partial charge in [0.2, 0.25) is 0 Å². The monoisotopic (exact) mass is 164 g/mol. The number of halogens is 1. The lowest BCUT2D eigenvalue weighted by Gasteiger charge is -2.12. The molecular weight excluding hydrogens is 155 g/mol. The molecule has 0 aliphatic rings. The van der Waals surface area contributed by atoms with E-state index >= 15 is 0 Å². The Balaban J connectivity index is 3.17. The Hall–Kier alpha value is -1.56. The molecular formula is C9H9FN2. The van der Waals surface area contributed by atoms with E-state index in [-0.39, 0.29) is 5.82 Å². The fourth-order valence-corrected chi connectivity index (χ4v) is 0.897. The van der Waals surface area contributed by atoms with Crippen LogP contribution in [0.2, 0.25) is 0 Å². The highest BCUT2D eigenvalue weighted by Gasteiger charge is 2.00. The van der Waals surface area contributed by atoms with Crippen molar-refractivity contribution in [3.8, 4) is 6.07 Å². The van der Waals surface area contributed by atoms with Crippen molar-refractivity contribution < 1.29 is 4.39 Å². The molecule has 0 radical (unpaired) electrons. The van der Waals surface area contributed by atoms with Crippen molar-refractivity contribution in [1.29, 1.82) is 5.26 Å². The summed E-state index contributed by atoms with van der Waals surface area (Å²) in [6, 6.07) is 6.14. The molecule has 1 aromatic carbocycles. The standard InChI is InChI=1S/C9H9FN2/c1-12(2)9-4-7(6-11)3-8(10)5-9/h3-5H,1-2H3. The molecule has 0 fully saturated rings. The summed E-state index contributed by atoms with van der Waals surface area (Å²) in [4.78, 5) is 1.75. The molecule has 0 amide bonds. The SMILES string of the molecule is CN(C)c1cc(F)cc(C#N)c1. The molecule has 62 valence electrons. The predicted octanol–water partition coefficient (Wildman–Crippen LogP) is 1.76. The van der Waals surface area contributed by atoms with Gasteiger partial charge in [0.15, 0.2) is 0 Å². The molecule has 0 spiro atoms. The summed E-state index contributed by atoms with van der Waals surface area (Å²) in [6.45, 7) is 0. The third kappa shape index (κ3) is 1.73. The molecule has 3 heteroatoms. The van der Waals surface area contributed by atoms with Gasteiger partial charge in [-0.15, -0.1) is 0 Å². The summed E-state index contributed by atoms with van der Waals surface area (Å²) in [5.41, 5.74) is 1.05. The zero-order valence-corrected chi connectivity index (χ0v) is 7.00. The Bertz CT molecular complexity index is 326. The van der Waals surface area contributed by atoms with Crippen LogP contribution >= 0.6 is 0 Å². The van der Waals surface area contributed by atoms with Crippen LogP contribution in [0.15, 0.2) is 18.2 Å². The van der Waals surface area contributed by atoms with E-state index in [4.69, 9.17) is 5.26 Å². The van der Waals surface area contributed by atoms with Gasteiger partial charge in [-0.05, 0) is 18.2 Å². The predicted molar refractivity (Wildman–Crippen MR) is 45.4 cm³/mol. The first kappa shape index (κ1) is 8.54. The van der Waals surface area contributed by atoms with Crippen molar-refractivity contribution in [1.82, 2.24) is 0 Å². The van der Waals surface area contributed by atoms with Crippen molar-refractivity contribution in [2.75, 3.05) is 19.0 Å². The number of nitriles is 1. The first-order valence-electron chi connectivity index (χ1n) is 3.51. The van der Waals surface area contributed by atoms with Crippen LogP contribution in [-0.4, -0.2) is 14.1 Å². The van der Waals surface area contributed by atoms with E-state index < -0.39 is 0 Å². The summed E-state index contributed by atoms with van der Waals surface area (Å²) in [7, 11) is 3.60. The molecule has 0 heterocycles. The van der Waals surface area contributed by atoms with Crippen LogP contribution < -0.4 is 4.90 Å². The van der Waals surface area contributed by atoms with E-state index in [0.29, 0.717) is 11.3 Å². The molecule has 12 heavy (non-hydrogen) atoms. The summed E-state index contributed by atoms with van der Waals surface area (Å²) in [6.07, 6.45) is 0. The Morgan fingerprint density at radius 2 is 2.00 bits per heavy atom. The molecule has 0 aromatic heterocycles. The lowest BCUT2D eigenvalue weighted by molar-refractivity contribution is 0.627. The van der Waals surface area contributed by atoms with Gasteiger partial charge in [0.1, 0.15) is 5.82 Å². The molecule has 0 aliphatic carbocycles. The zero-order chi connectivity index (χ0) is 9.14. The minimum atomic E-state index is -0.377. The maximum atomic E-state index is 12.8. The molecule has 1 aromatic rings. The Morgan fingerprint density at radius 1 is 1.33 bits per heavy atom. The van der Waals surface area contributed by atoms with Gasteiger partial charge in [-0.2, -0.15) is 5.26 Å². The van der Waals surface area contributed by atoms with Crippen molar-refractivity contribution in [3.63, 3.8) is 0 Å². The van der Waals surface area contributed by atoms with Crippen LogP contribution in [0, 0.1) is 17.1 Å². The van der Waals surface area contributed by atoms with Crippen molar-refractivity contribution in [3.05, 3.63) is 29.6 Å². The minimum absolute atomic E-state index is 0.346. The van der Waals surface area contributed by atoms with Crippen LogP contribution in [0.5, 0.6) is 0 Å². The van der Waals surface area contributed by atoms with Crippen molar-refractivity contribution in [2.45, 2.75) is 0 Å². The van der Waals surface area contributed by atoms with Crippen LogP contribution in [0.4, 0.5) is 10.1 Å². The van der Waals surface area contributed by atoms with Gasteiger partial charge in [0.25, 0.3) is 0 Å². The average Bonchev–Trinajstić information content (AvgIpc) is 2.03.